The van der Waals surface area contributed by atoms with Gasteiger partial charge in [0.25, 0.3) is 0 Å². The summed E-state index contributed by atoms with van der Waals surface area (Å²) in [7, 11) is 0. The first kappa shape index (κ1) is 14.0. The largest absolute Gasteiger partial charge is 0.395 e. The monoisotopic (exact) mass is 262 g/mol. The van der Waals surface area contributed by atoms with Crippen LogP contribution in [0.5, 0.6) is 0 Å². The van der Waals surface area contributed by atoms with Crippen molar-refractivity contribution < 1.29 is 9.90 Å². The van der Waals surface area contributed by atoms with Crippen LogP contribution in [-0.4, -0.2) is 41.7 Å². The number of rotatable bonds is 5. The van der Waals surface area contributed by atoms with Crippen LogP contribution in [0.1, 0.15) is 24.8 Å². The van der Waals surface area contributed by atoms with E-state index in [-0.39, 0.29) is 18.6 Å². The Kier molecular flexibility index (Phi) is 5.36. The first-order valence-corrected chi connectivity index (χ1v) is 6.98. The number of hydrogen-bond acceptors (Lipinski definition) is 3. The van der Waals surface area contributed by atoms with Crippen LogP contribution in [0.3, 0.4) is 0 Å². The van der Waals surface area contributed by atoms with Crippen molar-refractivity contribution in [1.82, 2.24) is 10.2 Å². The molecule has 1 fully saturated rings. The number of amides is 1. The molecule has 1 amide bonds. The third-order valence-electron chi connectivity index (χ3n) is 3.51. The first-order valence-electron chi connectivity index (χ1n) is 6.98. The number of nitrogens with zero attached hydrogens (tertiary/aromatic N) is 1. The Balaban J connectivity index is 2.00. The van der Waals surface area contributed by atoms with Gasteiger partial charge in [0.05, 0.1) is 12.6 Å². The van der Waals surface area contributed by atoms with Gasteiger partial charge >= 0.3 is 0 Å². The number of carbonyl (C=O) groups is 1. The molecule has 1 saturated heterocycles. The zero-order chi connectivity index (χ0) is 13.5. The minimum absolute atomic E-state index is 0.00525. The molecule has 1 aromatic rings. The number of carbonyl (C=O) groups excluding carboxylic acids is 1. The fourth-order valence-corrected chi connectivity index (χ4v) is 2.47. The Morgan fingerprint density at radius 3 is 2.74 bits per heavy atom. The van der Waals surface area contributed by atoms with E-state index < -0.39 is 0 Å². The van der Waals surface area contributed by atoms with Crippen molar-refractivity contribution in [1.29, 1.82) is 0 Å². The molecule has 0 bridgehead atoms. The van der Waals surface area contributed by atoms with Crippen molar-refractivity contribution in [3.8, 4) is 0 Å². The molecule has 1 heterocycles. The lowest BCUT2D eigenvalue weighted by Gasteiger charge is -2.29. The summed E-state index contributed by atoms with van der Waals surface area (Å²) >= 11 is 0. The third-order valence-corrected chi connectivity index (χ3v) is 3.51. The van der Waals surface area contributed by atoms with Crippen molar-refractivity contribution in [2.24, 2.45) is 0 Å². The molecule has 0 aliphatic carbocycles. The molecule has 19 heavy (non-hydrogen) atoms. The van der Waals surface area contributed by atoms with E-state index in [1.165, 1.54) is 0 Å². The number of aliphatic hydroxyl groups excluding tert-OH is 1. The molecule has 2 rings (SSSR count). The van der Waals surface area contributed by atoms with Gasteiger partial charge in [-0.2, -0.15) is 0 Å². The van der Waals surface area contributed by atoms with Gasteiger partial charge in [-0.3, -0.25) is 4.79 Å². The summed E-state index contributed by atoms with van der Waals surface area (Å²) in [6, 6.07) is 9.83. The van der Waals surface area contributed by atoms with Crippen molar-refractivity contribution in [2.75, 3.05) is 19.7 Å². The number of nitrogens with one attached hydrogen (secondary N) is 1. The molecule has 1 aliphatic rings. The van der Waals surface area contributed by atoms with Gasteiger partial charge in [0.1, 0.15) is 0 Å². The highest BCUT2D eigenvalue weighted by Gasteiger charge is 2.25. The van der Waals surface area contributed by atoms with Crippen LogP contribution in [0, 0.1) is 0 Å². The Labute approximate surface area is 114 Å². The number of hydrogen-bond donors (Lipinski definition) is 2. The Bertz CT molecular complexity index is 388. The SMILES string of the molecule is O=C(C1CCCCN1)N(CCO)Cc1ccccc1. The van der Waals surface area contributed by atoms with E-state index in [0.717, 1.165) is 31.4 Å². The fourth-order valence-electron chi connectivity index (χ4n) is 2.47. The molecule has 0 spiro atoms. The van der Waals surface area contributed by atoms with Crippen LogP contribution in [0.15, 0.2) is 30.3 Å². The standard InChI is InChI=1S/C15H22N2O2/c18-11-10-17(12-13-6-2-1-3-7-13)15(19)14-8-4-5-9-16-14/h1-3,6-7,14,16,18H,4-5,8-12H2. The van der Waals surface area contributed by atoms with Gasteiger partial charge in [-0.05, 0) is 24.9 Å². The minimum atomic E-state index is -0.0796. The van der Waals surface area contributed by atoms with Gasteiger partial charge in [0.15, 0.2) is 0 Å². The highest BCUT2D eigenvalue weighted by atomic mass is 16.3. The Morgan fingerprint density at radius 1 is 1.32 bits per heavy atom. The maximum Gasteiger partial charge on any atom is 0.240 e. The fraction of sp³-hybridized carbons (Fsp3) is 0.533. The smallest absolute Gasteiger partial charge is 0.240 e. The van der Waals surface area contributed by atoms with Gasteiger partial charge in [0.2, 0.25) is 5.91 Å². The molecule has 1 atom stereocenters. The summed E-state index contributed by atoms with van der Waals surface area (Å²) in [5.41, 5.74) is 1.10. The average Bonchev–Trinajstić information content (AvgIpc) is 2.48. The molecule has 0 saturated carbocycles. The van der Waals surface area contributed by atoms with Crippen LogP contribution in [-0.2, 0) is 11.3 Å². The maximum absolute atomic E-state index is 12.4. The van der Waals surface area contributed by atoms with Gasteiger partial charge in [-0.15, -0.1) is 0 Å². The van der Waals surface area contributed by atoms with Crippen molar-refractivity contribution in [3.63, 3.8) is 0 Å². The number of benzene rings is 1. The van der Waals surface area contributed by atoms with Gasteiger partial charge in [-0.1, -0.05) is 36.8 Å². The molecule has 1 aromatic carbocycles. The van der Waals surface area contributed by atoms with Crippen molar-refractivity contribution >= 4 is 5.91 Å². The minimum Gasteiger partial charge on any atom is -0.395 e. The topological polar surface area (TPSA) is 52.6 Å². The van der Waals surface area contributed by atoms with Crippen LogP contribution < -0.4 is 5.32 Å². The molecule has 2 N–H and O–H groups in total. The summed E-state index contributed by atoms with van der Waals surface area (Å²) in [5.74, 6) is 0.109. The summed E-state index contributed by atoms with van der Waals surface area (Å²) < 4.78 is 0. The lowest BCUT2D eigenvalue weighted by molar-refractivity contribution is -0.135. The zero-order valence-corrected chi connectivity index (χ0v) is 11.2. The summed E-state index contributed by atoms with van der Waals surface area (Å²) in [5, 5.41) is 12.4. The lowest BCUT2D eigenvalue weighted by Crippen LogP contribution is -2.49. The van der Waals surface area contributed by atoms with E-state index in [1.807, 2.05) is 30.3 Å². The Morgan fingerprint density at radius 2 is 2.11 bits per heavy atom. The third kappa shape index (κ3) is 4.04. The molecular weight excluding hydrogens is 240 g/mol. The summed E-state index contributed by atoms with van der Waals surface area (Å²) in [6.45, 7) is 1.88. The molecule has 0 aromatic heterocycles. The van der Waals surface area contributed by atoms with E-state index in [2.05, 4.69) is 5.32 Å². The predicted molar refractivity (Wildman–Crippen MR) is 74.6 cm³/mol. The normalized spacial score (nSPS) is 19.1. The zero-order valence-electron chi connectivity index (χ0n) is 11.2. The van der Waals surface area contributed by atoms with Crippen LogP contribution >= 0.6 is 0 Å². The van der Waals surface area contributed by atoms with Gasteiger partial charge in [-0.25, -0.2) is 0 Å². The number of piperidine rings is 1. The maximum atomic E-state index is 12.4. The average molecular weight is 262 g/mol. The van der Waals surface area contributed by atoms with Crippen molar-refractivity contribution in [2.45, 2.75) is 31.8 Å². The first-order chi connectivity index (χ1) is 9.31. The van der Waals surface area contributed by atoms with E-state index >= 15 is 0 Å². The molecule has 104 valence electrons. The highest BCUT2D eigenvalue weighted by Crippen LogP contribution is 2.12. The quantitative estimate of drug-likeness (QED) is 0.837. The van der Waals surface area contributed by atoms with E-state index in [9.17, 15) is 4.79 Å². The summed E-state index contributed by atoms with van der Waals surface area (Å²) in [4.78, 5) is 14.2. The second kappa shape index (κ2) is 7.26. The number of aliphatic hydroxyl groups is 1. The van der Waals surface area contributed by atoms with Gasteiger partial charge < -0.3 is 15.3 Å². The summed E-state index contributed by atoms with van der Waals surface area (Å²) in [6.07, 6.45) is 3.14. The highest BCUT2D eigenvalue weighted by molar-refractivity contribution is 5.82. The van der Waals surface area contributed by atoms with Crippen LogP contribution in [0.4, 0.5) is 0 Å². The molecule has 0 radical (unpaired) electrons. The van der Waals surface area contributed by atoms with Gasteiger partial charge in [0, 0.05) is 13.1 Å². The van der Waals surface area contributed by atoms with Crippen molar-refractivity contribution in [3.05, 3.63) is 35.9 Å². The second-order valence-corrected chi connectivity index (χ2v) is 4.97. The lowest BCUT2D eigenvalue weighted by atomic mass is 10.0. The molecular formula is C15H22N2O2. The molecule has 1 aliphatic heterocycles. The second-order valence-electron chi connectivity index (χ2n) is 4.97. The molecule has 1 unspecified atom stereocenters. The van der Waals surface area contributed by atoms with Crippen LogP contribution in [0.2, 0.25) is 0 Å². The van der Waals surface area contributed by atoms with E-state index in [0.29, 0.717) is 13.1 Å². The Hall–Kier alpha value is -1.39. The predicted octanol–water partition coefficient (Wildman–Crippen LogP) is 1.15. The molecule has 4 heteroatoms. The van der Waals surface area contributed by atoms with E-state index in [4.69, 9.17) is 5.11 Å². The van der Waals surface area contributed by atoms with Crippen LogP contribution in [0.25, 0.3) is 0 Å². The molecule has 4 nitrogen and oxygen atoms in total. The van der Waals surface area contributed by atoms with E-state index in [1.54, 1.807) is 4.90 Å².